The minimum absolute atomic E-state index is 0.0808. The molecule has 0 fully saturated rings. The fraction of sp³-hybridized carbons (Fsp3) is 0.333. The Hall–Kier alpha value is -1.73. The zero-order valence-electron chi connectivity index (χ0n) is 10.5. The van der Waals surface area contributed by atoms with Crippen molar-refractivity contribution < 1.29 is 12.8 Å². The lowest BCUT2D eigenvalue weighted by atomic mass is 10.1. The topological polar surface area (TPSA) is 99.1 Å². The van der Waals surface area contributed by atoms with Gasteiger partial charge in [-0.05, 0) is 12.0 Å². The number of rotatable bonds is 5. The van der Waals surface area contributed by atoms with E-state index in [0.717, 1.165) is 5.56 Å². The molecule has 1 atom stereocenters. The summed E-state index contributed by atoms with van der Waals surface area (Å²) in [7, 11) is -3.48. The number of nitrogens with zero attached hydrogens (tertiary/aromatic N) is 2. The highest BCUT2D eigenvalue weighted by Crippen LogP contribution is 2.17. The molecule has 0 saturated heterocycles. The summed E-state index contributed by atoms with van der Waals surface area (Å²) in [5.41, 5.74) is 6.96. The van der Waals surface area contributed by atoms with Crippen molar-refractivity contribution in [2.75, 3.05) is 5.75 Å². The highest BCUT2D eigenvalue weighted by atomic mass is 32.2. The zero-order valence-corrected chi connectivity index (χ0v) is 11.3. The zero-order chi connectivity index (χ0) is 13.9. The van der Waals surface area contributed by atoms with Gasteiger partial charge in [0.05, 0.1) is 11.8 Å². The molecule has 1 heterocycles. The van der Waals surface area contributed by atoms with Crippen LogP contribution in [0.5, 0.6) is 0 Å². The van der Waals surface area contributed by atoms with Crippen molar-refractivity contribution in [1.29, 1.82) is 0 Å². The molecule has 1 unspecified atom stereocenters. The quantitative estimate of drug-likeness (QED) is 0.881. The summed E-state index contributed by atoms with van der Waals surface area (Å²) < 4.78 is 28.3. The van der Waals surface area contributed by atoms with Crippen molar-refractivity contribution in [3.8, 4) is 0 Å². The Kier molecular flexibility index (Phi) is 3.96. The van der Waals surface area contributed by atoms with E-state index in [1.54, 1.807) is 0 Å². The van der Waals surface area contributed by atoms with Crippen LogP contribution in [0.2, 0.25) is 0 Å². The average molecular weight is 281 g/mol. The number of nitrogens with two attached hydrogens (primary N) is 1. The summed E-state index contributed by atoms with van der Waals surface area (Å²) in [5.74, 6) is 0.0543. The molecule has 2 aromatic rings. The molecule has 0 bridgehead atoms. The maximum absolute atomic E-state index is 11.6. The second kappa shape index (κ2) is 5.50. The number of hydrogen-bond acceptors (Lipinski definition) is 6. The maximum Gasteiger partial charge on any atom is 0.335 e. The molecule has 102 valence electrons. The van der Waals surface area contributed by atoms with Gasteiger partial charge in [-0.15, -0.1) is 5.10 Å². The minimum atomic E-state index is -3.48. The van der Waals surface area contributed by atoms with Gasteiger partial charge in [-0.3, -0.25) is 0 Å². The third-order valence-corrected chi connectivity index (χ3v) is 4.14. The molecule has 1 aromatic carbocycles. The molecule has 0 aliphatic rings. The highest BCUT2D eigenvalue weighted by molar-refractivity contribution is 7.91. The summed E-state index contributed by atoms with van der Waals surface area (Å²) in [4.78, 5) is 0. The molecule has 6 nitrogen and oxygen atoms in total. The standard InChI is InChI=1S/C12H15N3O3S/c1-2-19(16,17)12-15-14-11(18-12)10(13)8-9-6-4-3-5-7-9/h3-7,10H,2,8,13H2,1H3. The first kappa shape index (κ1) is 13.7. The molecule has 2 N–H and O–H groups in total. The van der Waals surface area contributed by atoms with Crippen LogP contribution >= 0.6 is 0 Å². The van der Waals surface area contributed by atoms with E-state index >= 15 is 0 Å². The summed E-state index contributed by atoms with van der Waals surface area (Å²) in [5, 5.41) is 6.88. The first-order valence-electron chi connectivity index (χ1n) is 5.88. The second-order valence-electron chi connectivity index (χ2n) is 4.11. The highest BCUT2D eigenvalue weighted by Gasteiger charge is 2.22. The van der Waals surface area contributed by atoms with Crippen LogP contribution in [0.1, 0.15) is 24.4 Å². The first-order chi connectivity index (χ1) is 9.03. The Morgan fingerprint density at radius 2 is 1.95 bits per heavy atom. The van der Waals surface area contributed by atoms with E-state index in [1.165, 1.54) is 6.92 Å². The van der Waals surface area contributed by atoms with Gasteiger partial charge in [0.2, 0.25) is 15.7 Å². The molecule has 0 aliphatic carbocycles. The number of benzene rings is 1. The lowest BCUT2D eigenvalue weighted by molar-refractivity contribution is 0.373. The predicted octanol–water partition coefficient (Wildman–Crippen LogP) is 1.11. The van der Waals surface area contributed by atoms with E-state index in [2.05, 4.69) is 10.2 Å². The third-order valence-electron chi connectivity index (χ3n) is 2.68. The van der Waals surface area contributed by atoms with Crippen LogP contribution in [0.15, 0.2) is 40.0 Å². The predicted molar refractivity (Wildman–Crippen MR) is 69.1 cm³/mol. The molecular formula is C12H15N3O3S. The van der Waals surface area contributed by atoms with E-state index < -0.39 is 15.9 Å². The largest absolute Gasteiger partial charge is 0.411 e. The smallest absolute Gasteiger partial charge is 0.335 e. The van der Waals surface area contributed by atoms with E-state index in [1.807, 2.05) is 30.3 Å². The summed E-state index contributed by atoms with van der Waals surface area (Å²) in [6, 6.07) is 9.06. The van der Waals surface area contributed by atoms with Crippen LogP contribution in [0.3, 0.4) is 0 Å². The minimum Gasteiger partial charge on any atom is -0.411 e. The third kappa shape index (κ3) is 3.18. The van der Waals surface area contributed by atoms with Crippen LogP contribution in [-0.4, -0.2) is 24.4 Å². The van der Waals surface area contributed by atoms with Gasteiger partial charge in [-0.1, -0.05) is 42.4 Å². The second-order valence-corrected chi connectivity index (χ2v) is 6.26. The molecule has 0 radical (unpaired) electrons. The van der Waals surface area contributed by atoms with Crippen molar-refractivity contribution >= 4 is 9.84 Å². The van der Waals surface area contributed by atoms with E-state index in [9.17, 15) is 8.42 Å². The lowest BCUT2D eigenvalue weighted by Gasteiger charge is -2.06. The number of sulfone groups is 1. The molecule has 2 rings (SSSR count). The molecule has 0 amide bonds. The van der Waals surface area contributed by atoms with Crippen molar-refractivity contribution in [3.63, 3.8) is 0 Å². The van der Waals surface area contributed by atoms with E-state index in [4.69, 9.17) is 10.2 Å². The summed E-state index contributed by atoms with van der Waals surface area (Å²) in [6.07, 6.45) is 0.509. The van der Waals surface area contributed by atoms with Gasteiger partial charge in [0, 0.05) is 0 Å². The van der Waals surface area contributed by atoms with Gasteiger partial charge in [-0.2, -0.15) is 0 Å². The van der Waals surface area contributed by atoms with Crippen LogP contribution in [0.4, 0.5) is 0 Å². The number of aromatic nitrogens is 2. The normalized spacial score (nSPS) is 13.4. The molecule has 19 heavy (non-hydrogen) atoms. The van der Waals surface area contributed by atoms with Crippen molar-refractivity contribution in [2.24, 2.45) is 5.73 Å². The molecule has 0 saturated carbocycles. The average Bonchev–Trinajstić information content (AvgIpc) is 2.90. The monoisotopic (exact) mass is 281 g/mol. The summed E-state index contributed by atoms with van der Waals surface area (Å²) >= 11 is 0. The van der Waals surface area contributed by atoms with Crippen LogP contribution in [0, 0.1) is 0 Å². The van der Waals surface area contributed by atoms with Crippen molar-refractivity contribution in [2.45, 2.75) is 24.6 Å². The maximum atomic E-state index is 11.6. The fourth-order valence-corrected chi connectivity index (χ4v) is 2.20. The first-order valence-corrected chi connectivity index (χ1v) is 7.54. The van der Waals surface area contributed by atoms with Crippen molar-refractivity contribution in [3.05, 3.63) is 41.8 Å². The van der Waals surface area contributed by atoms with Gasteiger partial charge in [0.1, 0.15) is 0 Å². The molecular weight excluding hydrogens is 266 g/mol. The van der Waals surface area contributed by atoms with Gasteiger partial charge in [0.15, 0.2) is 0 Å². The molecule has 1 aromatic heterocycles. The Balaban J connectivity index is 2.15. The van der Waals surface area contributed by atoms with Gasteiger partial charge in [0.25, 0.3) is 0 Å². The Morgan fingerprint density at radius 1 is 1.26 bits per heavy atom. The fourth-order valence-electron chi connectivity index (χ4n) is 1.57. The van der Waals surface area contributed by atoms with Gasteiger partial charge in [-0.25, -0.2) is 8.42 Å². The SMILES string of the molecule is CCS(=O)(=O)c1nnc(C(N)Cc2ccccc2)o1. The Morgan fingerprint density at radius 3 is 2.58 bits per heavy atom. The molecule has 0 aliphatic heterocycles. The lowest BCUT2D eigenvalue weighted by Crippen LogP contribution is -2.13. The summed E-state index contributed by atoms with van der Waals surface area (Å²) in [6.45, 7) is 1.52. The van der Waals surface area contributed by atoms with Crippen LogP contribution in [-0.2, 0) is 16.3 Å². The Bertz CT molecular complexity index is 637. The van der Waals surface area contributed by atoms with E-state index in [0.29, 0.717) is 6.42 Å². The molecule has 7 heteroatoms. The van der Waals surface area contributed by atoms with Gasteiger partial charge < -0.3 is 10.2 Å². The van der Waals surface area contributed by atoms with Gasteiger partial charge >= 0.3 is 5.22 Å². The van der Waals surface area contributed by atoms with Crippen molar-refractivity contribution in [1.82, 2.24) is 10.2 Å². The molecule has 0 spiro atoms. The van der Waals surface area contributed by atoms with Crippen LogP contribution < -0.4 is 5.73 Å². The van der Waals surface area contributed by atoms with E-state index in [-0.39, 0.29) is 16.9 Å². The number of hydrogen-bond donors (Lipinski definition) is 1. The van der Waals surface area contributed by atoms with Crippen LogP contribution in [0.25, 0.3) is 0 Å². The Labute approximate surface area is 111 Å².